The van der Waals surface area contributed by atoms with E-state index in [2.05, 4.69) is 17.1 Å². The summed E-state index contributed by atoms with van der Waals surface area (Å²) in [5, 5.41) is 2.95. The maximum Gasteiger partial charge on any atom is 0.317 e. The number of nitrogens with zero attached hydrogens (tertiary/aromatic N) is 2. The number of hydrogen-bond donors (Lipinski definition) is 2. The van der Waals surface area contributed by atoms with E-state index in [1.54, 1.807) is 0 Å². The van der Waals surface area contributed by atoms with E-state index in [0.29, 0.717) is 6.54 Å². The predicted octanol–water partition coefficient (Wildman–Crippen LogP) is 1.38. The molecule has 0 saturated carbocycles. The van der Waals surface area contributed by atoms with E-state index in [9.17, 15) is 4.79 Å². The molecule has 0 aromatic rings. The van der Waals surface area contributed by atoms with Gasteiger partial charge in [0.2, 0.25) is 0 Å². The molecule has 0 aromatic heterocycles. The number of nitrogens with two attached hydrogens (primary N) is 1. The first-order valence-electron chi connectivity index (χ1n) is 8.06. The van der Waals surface area contributed by atoms with Crippen LogP contribution >= 0.6 is 0 Å². The fourth-order valence-corrected chi connectivity index (χ4v) is 3.30. The molecule has 2 heterocycles. The highest BCUT2D eigenvalue weighted by Crippen LogP contribution is 2.30. The molecule has 2 saturated heterocycles. The van der Waals surface area contributed by atoms with Crippen molar-refractivity contribution in [3.63, 3.8) is 0 Å². The summed E-state index contributed by atoms with van der Waals surface area (Å²) in [4.78, 5) is 16.7. The minimum atomic E-state index is 0.0450. The van der Waals surface area contributed by atoms with Gasteiger partial charge in [-0.2, -0.15) is 0 Å². The van der Waals surface area contributed by atoms with Crippen molar-refractivity contribution in [1.82, 2.24) is 15.1 Å². The van der Waals surface area contributed by atoms with Crippen LogP contribution < -0.4 is 11.1 Å². The molecule has 0 unspecified atom stereocenters. The van der Waals surface area contributed by atoms with Crippen molar-refractivity contribution in [2.45, 2.75) is 57.5 Å². The number of hydrogen-bond acceptors (Lipinski definition) is 3. The lowest BCUT2D eigenvalue weighted by Crippen LogP contribution is -2.57. The summed E-state index contributed by atoms with van der Waals surface area (Å²) < 4.78 is 0. The van der Waals surface area contributed by atoms with Gasteiger partial charge in [-0.25, -0.2) is 4.79 Å². The van der Waals surface area contributed by atoms with E-state index in [-0.39, 0.29) is 17.6 Å². The first-order chi connectivity index (χ1) is 9.55. The highest BCUT2D eigenvalue weighted by molar-refractivity contribution is 5.74. The Labute approximate surface area is 122 Å². The molecule has 0 radical (unpaired) electrons. The van der Waals surface area contributed by atoms with Gasteiger partial charge in [0.15, 0.2) is 0 Å². The normalized spacial score (nSPS) is 25.2. The number of amides is 2. The largest absolute Gasteiger partial charge is 0.334 e. The molecule has 116 valence electrons. The SMILES string of the molecule is C[C@@H](CN)NC(=O)N1CCC(C)(N2CCCCC2)CC1. The van der Waals surface area contributed by atoms with E-state index < -0.39 is 0 Å². The average Bonchev–Trinajstić information content (AvgIpc) is 2.48. The van der Waals surface area contributed by atoms with Crippen molar-refractivity contribution < 1.29 is 4.79 Å². The standard InChI is InChI=1S/C15H30N4O/c1-13(12-16)17-14(20)18-10-6-15(2,7-11-18)19-8-4-3-5-9-19/h13H,3-12,16H2,1-2H3,(H,17,20)/t13-/m0/s1. The number of carbonyl (C=O) groups is 1. The monoisotopic (exact) mass is 282 g/mol. The summed E-state index contributed by atoms with van der Waals surface area (Å²) in [5.74, 6) is 0. The van der Waals surface area contributed by atoms with E-state index in [4.69, 9.17) is 5.73 Å². The zero-order valence-corrected chi connectivity index (χ0v) is 13.0. The van der Waals surface area contributed by atoms with Gasteiger partial charge >= 0.3 is 6.03 Å². The van der Waals surface area contributed by atoms with Crippen LogP contribution in [0, 0.1) is 0 Å². The van der Waals surface area contributed by atoms with Crippen molar-refractivity contribution in [3.8, 4) is 0 Å². The number of carbonyl (C=O) groups excluding carboxylic acids is 1. The number of nitrogens with one attached hydrogen (secondary N) is 1. The van der Waals surface area contributed by atoms with Gasteiger partial charge in [0.1, 0.15) is 0 Å². The van der Waals surface area contributed by atoms with Crippen molar-refractivity contribution in [2.24, 2.45) is 5.73 Å². The Morgan fingerprint density at radius 1 is 1.20 bits per heavy atom. The fourth-order valence-electron chi connectivity index (χ4n) is 3.30. The highest BCUT2D eigenvalue weighted by Gasteiger charge is 2.37. The Balaban J connectivity index is 1.83. The minimum absolute atomic E-state index is 0.0450. The fraction of sp³-hybridized carbons (Fsp3) is 0.933. The summed E-state index contributed by atoms with van der Waals surface area (Å²) in [6.07, 6.45) is 6.19. The van der Waals surface area contributed by atoms with Gasteiger partial charge < -0.3 is 16.0 Å². The van der Waals surface area contributed by atoms with E-state index >= 15 is 0 Å². The van der Waals surface area contributed by atoms with Crippen LogP contribution in [0.2, 0.25) is 0 Å². The lowest BCUT2D eigenvalue weighted by atomic mass is 9.86. The topological polar surface area (TPSA) is 61.6 Å². The molecule has 0 spiro atoms. The Kier molecular flexibility index (Phi) is 5.27. The van der Waals surface area contributed by atoms with E-state index in [1.165, 1.54) is 32.4 Å². The summed E-state index contributed by atoms with van der Waals surface area (Å²) >= 11 is 0. The lowest BCUT2D eigenvalue weighted by Gasteiger charge is -2.48. The quantitative estimate of drug-likeness (QED) is 0.822. The maximum absolute atomic E-state index is 12.1. The third kappa shape index (κ3) is 3.64. The van der Waals surface area contributed by atoms with Gasteiger partial charge in [-0.1, -0.05) is 6.42 Å². The molecule has 2 aliphatic heterocycles. The molecule has 0 aliphatic carbocycles. The third-order valence-corrected chi connectivity index (χ3v) is 4.97. The van der Waals surface area contributed by atoms with Crippen LogP contribution in [-0.2, 0) is 0 Å². The van der Waals surface area contributed by atoms with Crippen LogP contribution in [-0.4, -0.2) is 60.1 Å². The average molecular weight is 282 g/mol. The zero-order valence-electron chi connectivity index (χ0n) is 13.0. The summed E-state index contributed by atoms with van der Waals surface area (Å²) in [5.41, 5.74) is 5.84. The van der Waals surface area contributed by atoms with Gasteiger partial charge in [-0.05, 0) is 52.6 Å². The second-order valence-corrected chi connectivity index (χ2v) is 6.62. The first kappa shape index (κ1) is 15.6. The number of urea groups is 1. The lowest BCUT2D eigenvalue weighted by molar-refractivity contribution is 0.0301. The minimum Gasteiger partial charge on any atom is -0.334 e. The van der Waals surface area contributed by atoms with Crippen LogP contribution in [0.5, 0.6) is 0 Å². The first-order valence-corrected chi connectivity index (χ1v) is 8.06. The molecular formula is C15H30N4O. The molecule has 5 nitrogen and oxygen atoms in total. The molecule has 2 amide bonds. The van der Waals surface area contributed by atoms with Crippen LogP contribution in [0.4, 0.5) is 4.79 Å². The van der Waals surface area contributed by atoms with Crippen molar-refractivity contribution in [1.29, 1.82) is 0 Å². The van der Waals surface area contributed by atoms with E-state index in [0.717, 1.165) is 25.9 Å². The number of rotatable bonds is 3. The van der Waals surface area contributed by atoms with E-state index in [1.807, 2.05) is 11.8 Å². The maximum atomic E-state index is 12.1. The summed E-state index contributed by atoms with van der Waals surface area (Å²) in [6.45, 7) is 8.98. The van der Waals surface area contributed by atoms with Crippen LogP contribution in [0.1, 0.15) is 46.0 Å². The van der Waals surface area contributed by atoms with Gasteiger partial charge in [0.05, 0.1) is 0 Å². The molecule has 0 bridgehead atoms. The number of piperidine rings is 2. The van der Waals surface area contributed by atoms with Crippen LogP contribution in [0.3, 0.4) is 0 Å². The van der Waals surface area contributed by atoms with Gasteiger partial charge in [0, 0.05) is 31.2 Å². The summed E-state index contributed by atoms with van der Waals surface area (Å²) in [6, 6.07) is 0.0987. The van der Waals surface area contributed by atoms with Gasteiger partial charge in [0.25, 0.3) is 0 Å². The second-order valence-electron chi connectivity index (χ2n) is 6.62. The Morgan fingerprint density at radius 2 is 1.80 bits per heavy atom. The molecule has 5 heteroatoms. The van der Waals surface area contributed by atoms with Crippen LogP contribution in [0.15, 0.2) is 0 Å². The zero-order chi connectivity index (χ0) is 14.6. The Morgan fingerprint density at radius 3 is 2.35 bits per heavy atom. The molecule has 2 aliphatic rings. The van der Waals surface area contributed by atoms with Gasteiger partial charge in [-0.15, -0.1) is 0 Å². The highest BCUT2D eigenvalue weighted by atomic mass is 16.2. The molecular weight excluding hydrogens is 252 g/mol. The molecule has 3 N–H and O–H groups in total. The predicted molar refractivity (Wildman–Crippen MR) is 81.7 cm³/mol. The smallest absolute Gasteiger partial charge is 0.317 e. The second kappa shape index (κ2) is 6.76. The van der Waals surface area contributed by atoms with Crippen molar-refractivity contribution >= 4 is 6.03 Å². The van der Waals surface area contributed by atoms with Gasteiger partial charge in [-0.3, -0.25) is 4.90 Å². The van der Waals surface area contributed by atoms with Crippen molar-refractivity contribution in [3.05, 3.63) is 0 Å². The summed E-state index contributed by atoms with van der Waals surface area (Å²) in [7, 11) is 0. The molecule has 2 rings (SSSR count). The Bertz CT molecular complexity index is 320. The third-order valence-electron chi connectivity index (χ3n) is 4.97. The number of likely N-dealkylation sites (tertiary alicyclic amines) is 2. The van der Waals surface area contributed by atoms with Crippen molar-refractivity contribution in [2.75, 3.05) is 32.7 Å². The molecule has 1 atom stereocenters. The molecule has 0 aromatic carbocycles. The van der Waals surface area contributed by atoms with Crippen LogP contribution in [0.25, 0.3) is 0 Å². The molecule has 2 fully saturated rings. The Hall–Kier alpha value is -0.810. The molecule has 20 heavy (non-hydrogen) atoms.